The van der Waals surface area contributed by atoms with Crippen LogP contribution < -0.4 is 10.6 Å². The van der Waals surface area contributed by atoms with Crippen LogP contribution in [0.15, 0.2) is 30.9 Å². The number of pyridine rings is 1. The van der Waals surface area contributed by atoms with Gasteiger partial charge in [-0.15, -0.1) is 0 Å². The predicted molar refractivity (Wildman–Crippen MR) is 67.9 cm³/mol. The Hall–Kier alpha value is -2.17. The second kappa shape index (κ2) is 5.25. The highest BCUT2D eigenvalue weighted by molar-refractivity contribution is 5.56. The van der Waals surface area contributed by atoms with Crippen molar-refractivity contribution < 1.29 is 0 Å². The Morgan fingerprint density at radius 1 is 1.24 bits per heavy atom. The van der Waals surface area contributed by atoms with Crippen LogP contribution in [0.5, 0.6) is 0 Å². The van der Waals surface area contributed by atoms with Gasteiger partial charge in [-0.25, -0.2) is 9.97 Å². The van der Waals surface area contributed by atoms with E-state index in [9.17, 15) is 0 Å². The summed E-state index contributed by atoms with van der Waals surface area (Å²) in [5.41, 5.74) is 2.13. The highest BCUT2D eigenvalue weighted by atomic mass is 15.1. The van der Waals surface area contributed by atoms with Gasteiger partial charge < -0.3 is 10.6 Å². The Kier molecular flexibility index (Phi) is 3.49. The number of nitrogens with zero attached hydrogens (tertiary/aromatic N) is 3. The molecule has 0 unspecified atom stereocenters. The van der Waals surface area contributed by atoms with E-state index in [2.05, 4.69) is 25.6 Å². The molecule has 0 aliphatic carbocycles. The minimum absolute atomic E-state index is 0.703. The van der Waals surface area contributed by atoms with Gasteiger partial charge in [-0.2, -0.15) is 0 Å². The van der Waals surface area contributed by atoms with E-state index < -0.39 is 0 Å². The molecule has 0 spiro atoms. The van der Waals surface area contributed by atoms with Crippen molar-refractivity contribution in [1.29, 1.82) is 0 Å². The van der Waals surface area contributed by atoms with Gasteiger partial charge in [0, 0.05) is 31.5 Å². The first-order valence-electron chi connectivity index (χ1n) is 5.43. The van der Waals surface area contributed by atoms with Gasteiger partial charge >= 0.3 is 0 Å². The molecule has 0 aliphatic rings. The molecule has 0 atom stereocenters. The van der Waals surface area contributed by atoms with Gasteiger partial charge in [-0.3, -0.25) is 4.98 Å². The van der Waals surface area contributed by atoms with Crippen molar-refractivity contribution in [3.63, 3.8) is 0 Å². The molecule has 0 aliphatic heterocycles. The lowest BCUT2D eigenvalue weighted by molar-refractivity contribution is 1.05. The summed E-state index contributed by atoms with van der Waals surface area (Å²) in [6, 6.07) is 3.94. The molecule has 17 heavy (non-hydrogen) atoms. The van der Waals surface area contributed by atoms with Crippen LogP contribution in [0.4, 0.5) is 11.6 Å². The van der Waals surface area contributed by atoms with E-state index in [0.717, 1.165) is 22.8 Å². The van der Waals surface area contributed by atoms with Crippen LogP contribution in [0.25, 0.3) is 0 Å². The Labute approximate surface area is 100 Å². The summed E-state index contributed by atoms with van der Waals surface area (Å²) in [6.45, 7) is 2.69. The van der Waals surface area contributed by atoms with Crippen LogP contribution in [-0.4, -0.2) is 22.0 Å². The molecule has 0 saturated carbocycles. The second-order valence-electron chi connectivity index (χ2n) is 3.66. The fourth-order valence-electron chi connectivity index (χ4n) is 1.57. The minimum atomic E-state index is 0.703. The molecule has 0 aromatic carbocycles. The highest BCUT2D eigenvalue weighted by Gasteiger charge is 2.04. The van der Waals surface area contributed by atoms with Gasteiger partial charge in [0.15, 0.2) is 0 Å². The summed E-state index contributed by atoms with van der Waals surface area (Å²) in [5, 5.41) is 6.30. The number of nitrogens with one attached hydrogen (secondary N) is 2. The molecule has 2 heterocycles. The van der Waals surface area contributed by atoms with E-state index in [-0.39, 0.29) is 0 Å². The van der Waals surface area contributed by atoms with Crippen molar-refractivity contribution in [3.8, 4) is 0 Å². The first kappa shape index (κ1) is 11.3. The number of aromatic nitrogens is 3. The molecular formula is C12H15N5. The average molecular weight is 229 g/mol. The molecule has 2 aromatic rings. The minimum Gasteiger partial charge on any atom is -0.373 e. The largest absolute Gasteiger partial charge is 0.373 e. The normalized spacial score (nSPS) is 10.0. The van der Waals surface area contributed by atoms with Crippen molar-refractivity contribution in [2.75, 3.05) is 17.7 Å². The fraction of sp³-hybridized carbons (Fsp3) is 0.250. The smallest absolute Gasteiger partial charge is 0.134 e. The lowest BCUT2D eigenvalue weighted by atomic mass is 10.2. The molecule has 2 rings (SSSR count). The molecule has 5 nitrogen and oxygen atoms in total. The molecule has 88 valence electrons. The molecule has 0 amide bonds. The van der Waals surface area contributed by atoms with E-state index in [1.54, 1.807) is 12.5 Å². The molecule has 0 radical (unpaired) electrons. The summed E-state index contributed by atoms with van der Waals surface area (Å²) >= 11 is 0. The summed E-state index contributed by atoms with van der Waals surface area (Å²) in [5.74, 6) is 1.68. The van der Waals surface area contributed by atoms with Gasteiger partial charge in [-0.05, 0) is 18.6 Å². The van der Waals surface area contributed by atoms with Crippen LogP contribution in [-0.2, 0) is 6.54 Å². The predicted octanol–water partition coefficient (Wildman–Crippen LogP) is 1.83. The summed E-state index contributed by atoms with van der Waals surface area (Å²) in [7, 11) is 1.85. The van der Waals surface area contributed by atoms with Crippen molar-refractivity contribution in [2.24, 2.45) is 0 Å². The second-order valence-corrected chi connectivity index (χ2v) is 3.66. The molecule has 0 bridgehead atoms. The maximum atomic E-state index is 4.22. The van der Waals surface area contributed by atoms with E-state index >= 15 is 0 Å². The van der Waals surface area contributed by atoms with Crippen LogP contribution >= 0.6 is 0 Å². The maximum Gasteiger partial charge on any atom is 0.134 e. The SMILES string of the molecule is CNc1ncnc(NCc2cccnc2)c1C. The quantitative estimate of drug-likeness (QED) is 0.837. The molecule has 0 fully saturated rings. The molecule has 2 N–H and O–H groups in total. The van der Waals surface area contributed by atoms with E-state index in [1.165, 1.54) is 0 Å². The zero-order valence-electron chi connectivity index (χ0n) is 9.94. The van der Waals surface area contributed by atoms with Crippen molar-refractivity contribution in [3.05, 3.63) is 42.0 Å². The van der Waals surface area contributed by atoms with Crippen molar-refractivity contribution in [1.82, 2.24) is 15.0 Å². The lowest BCUT2D eigenvalue weighted by Gasteiger charge is -2.10. The first-order chi connectivity index (χ1) is 8.31. The fourth-order valence-corrected chi connectivity index (χ4v) is 1.57. The summed E-state index contributed by atoms with van der Waals surface area (Å²) < 4.78 is 0. The Morgan fingerprint density at radius 2 is 2.06 bits per heavy atom. The number of rotatable bonds is 4. The number of hydrogen-bond donors (Lipinski definition) is 2. The Morgan fingerprint density at radius 3 is 2.76 bits per heavy atom. The molecular weight excluding hydrogens is 214 g/mol. The van der Waals surface area contributed by atoms with Crippen molar-refractivity contribution in [2.45, 2.75) is 13.5 Å². The third kappa shape index (κ3) is 2.69. The van der Waals surface area contributed by atoms with Crippen molar-refractivity contribution >= 4 is 11.6 Å². The third-order valence-corrected chi connectivity index (χ3v) is 2.50. The van der Waals surface area contributed by atoms with Gasteiger partial charge in [0.25, 0.3) is 0 Å². The topological polar surface area (TPSA) is 62.7 Å². The Balaban J connectivity index is 2.09. The van der Waals surface area contributed by atoms with Gasteiger partial charge in [0.2, 0.25) is 0 Å². The summed E-state index contributed by atoms with van der Waals surface area (Å²) in [6.07, 6.45) is 5.14. The molecule has 5 heteroatoms. The third-order valence-electron chi connectivity index (χ3n) is 2.50. The van der Waals surface area contributed by atoms with Gasteiger partial charge in [-0.1, -0.05) is 6.07 Å². The monoisotopic (exact) mass is 229 g/mol. The van der Waals surface area contributed by atoms with Gasteiger partial charge in [0.05, 0.1) is 0 Å². The number of anilines is 2. The number of hydrogen-bond acceptors (Lipinski definition) is 5. The Bertz CT molecular complexity index is 484. The van der Waals surface area contributed by atoms with Crippen LogP contribution in [0.3, 0.4) is 0 Å². The average Bonchev–Trinajstić information content (AvgIpc) is 2.39. The standard InChI is InChI=1S/C12H15N5/c1-9-11(13-2)16-8-17-12(9)15-7-10-4-3-5-14-6-10/h3-6,8H,7H2,1-2H3,(H2,13,15,16,17). The summed E-state index contributed by atoms with van der Waals surface area (Å²) in [4.78, 5) is 12.4. The zero-order chi connectivity index (χ0) is 12.1. The van der Waals surface area contributed by atoms with E-state index in [1.807, 2.05) is 32.3 Å². The van der Waals surface area contributed by atoms with Gasteiger partial charge in [0.1, 0.15) is 18.0 Å². The molecule has 2 aromatic heterocycles. The van der Waals surface area contributed by atoms with E-state index in [0.29, 0.717) is 6.54 Å². The van der Waals surface area contributed by atoms with E-state index in [4.69, 9.17) is 0 Å². The highest BCUT2D eigenvalue weighted by Crippen LogP contribution is 2.17. The lowest BCUT2D eigenvalue weighted by Crippen LogP contribution is -2.06. The van der Waals surface area contributed by atoms with Crippen LogP contribution in [0.1, 0.15) is 11.1 Å². The maximum absolute atomic E-state index is 4.22. The molecule has 0 saturated heterocycles. The van der Waals surface area contributed by atoms with Crippen LogP contribution in [0, 0.1) is 6.92 Å². The zero-order valence-corrected chi connectivity index (χ0v) is 9.94. The first-order valence-corrected chi connectivity index (χ1v) is 5.43. The van der Waals surface area contributed by atoms with Crippen LogP contribution in [0.2, 0.25) is 0 Å².